The number of rotatable bonds is 3. The van der Waals surface area contributed by atoms with Gasteiger partial charge in [0.2, 0.25) is 0 Å². The van der Waals surface area contributed by atoms with Crippen molar-refractivity contribution in [2.75, 3.05) is 0 Å². The number of aryl methyl sites for hydroxylation is 1. The molecule has 0 saturated heterocycles. The summed E-state index contributed by atoms with van der Waals surface area (Å²) in [7, 11) is -2.70. The molecule has 2 aromatic rings. The SMILES string of the molecule is Cc1cc2c(cc1C1(c3ccc(C(=O)O)cc3)CC1)[Si](C)(C)CC[Si]2(C)C. The van der Waals surface area contributed by atoms with Crippen molar-refractivity contribution in [1.82, 2.24) is 0 Å². The van der Waals surface area contributed by atoms with Gasteiger partial charge in [-0.2, -0.15) is 0 Å². The molecule has 0 aromatic heterocycles. The van der Waals surface area contributed by atoms with Gasteiger partial charge in [0.25, 0.3) is 0 Å². The van der Waals surface area contributed by atoms with Crippen molar-refractivity contribution in [2.45, 2.75) is 63.5 Å². The fraction of sp³-hybridized carbons (Fsp3) is 0.435. The maximum absolute atomic E-state index is 11.2. The van der Waals surface area contributed by atoms with Gasteiger partial charge in [-0.05, 0) is 48.6 Å². The van der Waals surface area contributed by atoms with Gasteiger partial charge in [0.15, 0.2) is 0 Å². The maximum Gasteiger partial charge on any atom is 0.335 e. The number of hydrogen-bond donors (Lipinski definition) is 1. The molecular formula is C23H30O2Si2. The molecule has 2 aliphatic rings. The minimum Gasteiger partial charge on any atom is -0.478 e. The Hall–Kier alpha value is -1.66. The molecule has 142 valence electrons. The van der Waals surface area contributed by atoms with Crippen LogP contribution in [0.4, 0.5) is 0 Å². The van der Waals surface area contributed by atoms with Gasteiger partial charge in [0, 0.05) is 5.41 Å². The second-order valence-corrected chi connectivity index (χ2v) is 19.6. The zero-order chi connectivity index (χ0) is 19.6. The number of carboxylic acids is 1. The number of aromatic carboxylic acids is 1. The maximum atomic E-state index is 11.2. The molecule has 0 bridgehead atoms. The molecule has 1 aliphatic carbocycles. The second kappa shape index (κ2) is 5.92. The summed E-state index contributed by atoms with van der Waals surface area (Å²) >= 11 is 0. The summed E-state index contributed by atoms with van der Waals surface area (Å²) in [5.41, 5.74) is 4.68. The molecule has 2 aromatic carbocycles. The zero-order valence-corrected chi connectivity index (χ0v) is 19.1. The molecule has 0 amide bonds. The molecule has 1 aliphatic heterocycles. The van der Waals surface area contributed by atoms with E-state index in [0.29, 0.717) is 5.56 Å². The molecule has 0 atom stereocenters. The minimum absolute atomic E-state index is 0.101. The van der Waals surface area contributed by atoms with Crippen LogP contribution in [0.5, 0.6) is 0 Å². The van der Waals surface area contributed by atoms with E-state index in [2.05, 4.69) is 45.2 Å². The molecule has 27 heavy (non-hydrogen) atoms. The standard InChI is InChI=1S/C23H30O2Si2/c1-16-14-20-21(27(4,5)13-12-26(20,2)3)15-19(16)23(10-11-23)18-8-6-17(7-9-18)22(24)25/h6-9,14-15H,10-13H2,1-5H3,(H,24,25). The van der Waals surface area contributed by atoms with E-state index in [1.54, 1.807) is 22.5 Å². The predicted molar refractivity (Wildman–Crippen MR) is 118 cm³/mol. The third-order valence-corrected chi connectivity index (χ3v) is 14.6. The van der Waals surface area contributed by atoms with Crippen LogP contribution < -0.4 is 10.4 Å². The summed E-state index contributed by atoms with van der Waals surface area (Å²) in [5, 5.41) is 12.6. The third kappa shape index (κ3) is 2.94. The molecule has 1 heterocycles. The first-order chi connectivity index (χ1) is 12.6. The fourth-order valence-corrected chi connectivity index (χ4v) is 15.3. The van der Waals surface area contributed by atoms with Crippen molar-refractivity contribution in [3.8, 4) is 0 Å². The van der Waals surface area contributed by atoms with Crippen LogP contribution in [0.1, 0.15) is 39.9 Å². The highest BCUT2D eigenvalue weighted by atomic mass is 28.3. The van der Waals surface area contributed by atoms with E-state index < -0.39 is 22.1 Å². The van der Waals surface area contributed by atoms with Crippen LogP contribution in [0.15, 0.2) is 36.4 Å². The van der Waals surface area contributed by atoms with Crippen LogP contribution in [-0.4, -0.2) is 27.2 Å². The average molecular weight is 395 g/mol. The normalized spacial score (nSPS) is 21.4. The van der Waals surface area contributed by atoms with Gasteiger partial charge in [-0.1, -0.05) is 72.9 Å². The van der Waals surface area contributed by atoms with Crippen LogP contribution in [-0.2, 0) is 5.41 Å². The van der Waals surface area contributed by atoms with Crippen molar-refractivity contribution < 1.29 is 9.90 Å². The lowest BCUT2D eigenvalue weighted by Crippen LogP contribution is -2.63. The van der Waals surface area contributed by atoms with Gasteiger partial charge in [0.1, 0.15) is 0 Å². The summed E-state index contributed by atoms with van der Waals surface area (Å²) in [6, 6.07) is 15.6. The Morgan fingerprint density at radius 1 is 0.926 bits per heavy atom. The van der Waals surface area contributed by atoms with Gasteiger partial charge >= 0.3 is 5.97 Å². The fourth-order valence-electron chi connectivity index (χ4n) is 5.01. The van der Waals surface area contributed by atoms with Gasteiger partial charge in [-0.25, -0.2) is 4.79 Å². The first-order valence-electron chi connectivity index (χ1n) is 10.1. The highest BCUT2D eigenvalue weighted by Gasteiger charge is 2.48. The molecule has 4 heteroatoms. The monoisotopic (exact) mass is 394 g/mol. The van der Waals surface area contributed by atoms with E-state index in [4.69, 9.17) is 0 Å². The Balaban J connectivity index is 1.84. The topological polar surface area (TPSA) is 37.3 Å². The van der Waals surface area contributed by atoms with Crippen molar-refractivity contribution in [3.63, 3.8) is 0 Å². The Morgan fingerprint density at radius 3 is 1.93 bits per heavy atom. The number of benzene rings is 2. The Bertz CT molecular complexity index is 922. The molecule has 0 spiro atoms. The van der Waals surface area contributed by atoms with E-state index in [-0.39, 0.29) is 5.41 Å². The van der Waals surface area contributed by atoms with Gasteiger partial charge in [-0.3, -0.25) is 0 Å². The zero-order valence-electron chi connectivity index (χ0n) is 17.1. The van der Waals surface area contributed by atoms with Crippen LogP contribution >= 0.6 is 0 Å². The van der Waals surface area contributed by atoms with Gasteiger partial charge < -0.3 is 5.11 Å². The van der Waals surface area contributed by atoms with Crippen molar-refractivity contribution in [3.05, 3.63) is 58.7 Å². The van der Waals surface area contributed by atoms with Crippen LogP contribution in [0.3, 0.4) is 0 Å². The minimum atomic E-state index is -1.37. The smallest absolute Gasteiger partial charge is 0.335 e. The third-order valence-electron chi connectivity index (χ3n) is 7.15. The summed E-state index contributed by atoms with van der Waals surface area (Å²) in [6.45, 7) is 12.4. The first kappa shape index (κ1) is 18.7. The molecule has 2 nitrogen and oxygen atoms in total. The quantitative estimate of drug-likeness (QED) is 0.772. The highest BCUT2D eigenvalue weighted by molar-refractivity contribution is 7.03. The van der Waals surface area contributed by atoms with Crippen LogP contribution in [0.2, 0.25) is 38.3 Å². The summed E-state index contributed by atoms with van der Waals surface area (Å²) < 4.78 is 0. The molecule has 1 N–H and O–H groups in total. The molecule has 0 radical (unpaired) electrons. The molecule has 1 fully saturated rings. The number of carbonyl (C=O) groups is 1. The predicted octanol–water partition coefficient (Wildman–Crippen LogP) is 4.62. The second-order valence-electron chi connectivity index (χ2n) is 9.95. The van der Waals surface area contributed by atoms with E-state index in [0.717, 1.165) is 0 Å². The lowest BCUT2D eigenvalue weighted by atomic mass is 9.85. The Morgan fingerprint density at radius 2 is 1.44 bits per heavy atom. The molecule has 1 saturated carbocycles. The van der Waals surface area contributed by atoms with E-state index in [1.807, 2.05) is 12.1 Å². The Labute approximate surface area is 164 Å². The molecular weight excluding hydrogens is 364 g/mol. The van der Waals surface area contributed by atoms with Crippen LogP contribution in [0, 0.1) is 6.92 Å². The number of hydrogen-bond acceptors (Lipinski definition) is 1. The first-order valence-corrected chi connectivity index (χ1v) is 16.5. The summed E-state index contributed by atoms with van der Waals surface area (Å²) in [4.78, 5) is 11.2. The highest BCUT2D eigenvalue weighted by Crippen LogP contribution is 2.54. The van der Waals surface area contributed by atoms with Crippen molar-refractivity contribution >= 4 is 32.5 Å². The molecule has 0 unspecified atom stereocenters. The average Bonchev–Trinajstić information content (AvgIpc) is 3.40. The van der Waals surface area contributed by atoms with E-state index in [9.17, 15) is 9.90 Å². The largest absolute Gasteiger partial charge is 0.478 e. The van der Waals surface area contributed by atoms with Gasteiger partial charge in [-0.15, -0.1) is 0 Å². The molecule has 4 rings (SSSR count). The summed E-state index contributed by atoms with van der Waals surface area (Å²) in [6.07, 6.45) is 2.34. The van der Waals surface area contributed by atoms with E-state index >= 15 is 0 Å². The van der Waals surface area contributed by atoms with Gasteiger partial charge in [0.05, 0.1) is 21.7 Å². The van der Waals surface area contributed by atoms with Crippen LogP contribution in [0.25, 0.3) is 0 Å². The number of carboxylic acid groups (broad SMARTS) is 1. The number of fused-ring (bicyclic) bond motifs is 1. The van der Waals surface area contributed by atoms with E-state index in [1.165, 1.54) is 41.6 Å². The Kier molecular flexibility index (Phi) is 4.10. The van der Waals surface area contributed by atoms with Crippen molar-refractivity contribution in [2.24, 2.45) is 0 Å². The lowest BCUT2D eigenvalue weighted by Gasteiger charge is -2.41. The summed E-state index contributed by atoms with van der Waals surface area (Å²) in [5.74, 6) is -0.851. The van der Waals surface area contributed by atoms with Crippen molar-refractivity contribution in [1.29, 1.82) is 0 Å². The lowest BCUT2D eigenvalue weighted by molar-refractivity contribution is 0.0697.